The van der Waals surface area contributed by atoms with Crippen LogP contribution in [0.2, 0.25) is 5.02 Å². The van der Waals surface area contributed by atoms with E-state index < -0.39 is 0 Å². The summed E-state index contributed by atoms with van der Waals surface area (Å²) < 4.78 is 7.21. The molecule has 4 rings (SSSR count). The van der Waals surface area contributed by atoms with Gasteiger partial charge in [0, 0.05) is 0 Å². The number of para-hydroxylation sites is 1. The van der Waals surface area contributed by atoms with Gasteiger partial charge in [0.25, 0.3) is 5.56 Å². The second kappa shape index (κ2) is 8.22. The Morgan fingerprint density at radius 3 is 2.89 bits per heavy atom. The molecule has 0 radical (unpaired) electrons. The van der Waals surface area contributed by atoms with E-state index in [-0.39, 0.29) is 17.2 Å². The molecule has 0 spiro atoms. The number of furan rings is 1. The van der Waals surface area contributed by atoms with Crippen molar-refractivity contribution in [1.29, 1.82) is 0 Å². The van der Waals surface area contributed by atoms with E-state index in [4.69, 9.17) is 16.0 Å². The summed E-state index contributed by atoms with van der Waals surface area (Å²) in [6.45, 7) is 0.306. The largest absolute Gasteiger partial charge is 0.467 e. The molecular formula is C19H14ClN3O3S2. The van der Waals surface area contributed by atoms with Gasteiger partial charge in [0.05, 0.1) is 34.8 Å². The van der Waals surface area contributed by atoms with Crippen LogP contribution in [0.4, 0.5) is 0 Å². The van der Waals surface area contributed by atoms with Gasteiger partial charge in [0.2, 0.25) is 5.91 Å². The third kappa shape index (κ3) is 3.84. The number of aromatic nitrogens is 2. The molecule has 0 aliphatic rings. The molecule has 0 unspecified atom stereocenters. The van der Waals surface area contributed by atoms with E-state index in [2.05, 4.69) is 10.3 Å². The summed E-state index contributed by atoms with van der Waals surface area (Å²) in [6, 6.07) is 12.4. The molecule has 0 aliphatic heterocycles. The molecule has 3 heterocycles. The van der Waals surface area contributed by atoms with Crippen LogP contribution in [0.3, 0.4) is 0 Å². The fourth-order valence-corrected chi connectivity index (χ4v) is 4.43. The topological polar surface area (TPSA) is 77.1 Å². The number of carbonyl (C=O) groups excluding carboxylic acids is 1. The molecule has 1 N–H and O–H groups in total. The molecule has 0 aliphatic carbocycles. The SMILES string of the molecule is O=C(CSc1nc2ccsc2c(=O)n1-c1ccccc1Cl)NCc1ccco1. The molecule has 1 aromatic carbocycles. The molecule has 28 heavy (non-hydrogen) atoms. The first kappa shape index (κ1) is 18.8. The zero-order chi connectivity index (χ0) is 19.5. The zero-order valence-electron chi connectivity index (χ0n) is 14.4. The Labute approximate surface area is 173 Å². The number of hydrogen-bond acceptors (Lipinski definition) is 6. The predicted molar refractivity (Wildman–Crippen MR) is 112 cm³/mol. The average molecular weight is 432 g/mol. The van der Waals surface area contributed by atoms with Crippen molar-refractivity contribution in [2.24, 2.45) is 0 Å². The minimum absolute atomic E-state index is 0.104. The van der Waals surface area contributed by atoms with E-state index in [9.17, 15) is 9.59 Å². The summed E-state index contributed by atoms with van der Waals surface area (Å²) in [5, 5.41) is 5.45. The van der Waals surface area contributed by atoms with Crippen LogP contribution in [-0.2, 0) is 11.3 Å². The number of thioether (sulfide) groups is 1. The minimum Gasteiger partial charge on any atom is -0.467 e. The number of nitrogens with one attached hydrogen (secondary N) is 1. The summed E-state index contributed by atoms with van der Waals surface area (Å²) >= 11 is 8.83. The lowest BCUT2D eigenvalue weighted by molar-refractivity contribution is -0.118. The van der Waals surface area contributed by atoms with Gasteiger partial charge in [-0.15, -0.1) is 11.3 Å². The first-order valence-corrected chi connectivity index (χ1v) is 10.5. The van der Waals surface area contributed by atoms with Crippen LogP contribution >= 0.6 is 34.7 Å². The van der Waals surface area contributed by atoms with Crippen molar-refractivity contribution in [3.05, 3.63) is 75.2 Å². The number of halogens is 1. The summed E-state index contributed by atoms with van der Waals surface area (Å²) in [5.74, 6) is 0.587. The maximum absolute atomic E-state index is 13.0. The van der Waals surface area contributed by atoms with Crippen LogP contribution in [0.5, 0.6) is 0 Å². The van der Waals surface area contributed by atoms with Crippen molar-refractivity contribution in [3.63, 3.8) is 0 Å². The molecule has 0 saturated heterocycles. The molecule has 3 aromatic heterocycles. The van der Waals surface area contributed by atoms with Crippen molar-refractivity contribution in [3.8, 4) is 5.69 Å². The smallest absolute Gasteiger partial charge is 0.276 e. The Hall–Kier alpha value is -2.55. The second-order valence-electron chi connectivity index (χ2n) is 5.77. The fraction of sp³-hybridized carbons (Fsp3) is 0.105. The number of carbonyl (C=O) groups is 1. The normalized spacial score (nSPS) is 11.0. The highest BCUT2D eigenvalue weighted by Crippen LogP contribution is 2.26. The lowest BCUT2D eigenvalue weighted by Crippen LogP contribution is -2.26. The number of thiophene rings is 1. The Kier molecular flexibility index (Phi) is 5.52. The van der Waals surface area contributed by atoms with Crippen molar-refractivity contribution in [2.75, 3.05) is 5.75 Å². The summed E-state index contributed by atoms with van der Waals surface area (Å²) in [5.41, 5.74) is 0.943. The summed E-state index contributed by atoms with van der Waals surface area (Å²) in [4.78, 5) is 29.8. The van der Waals surface area contributed by atoms with Crippen molar-refractivity contribution in [2.45, 2.75) is 11.7 Å². The maximum Gasteiger partial charge on any atom is 0.276 e. The molecule has 0 saturated carbocycles. The van der Waals surface area contributed by atoms with E-state index in [1.165, 1.54) is 27.7 Å². The molecule has 9 heteroatoms. The highest BCUT2D eigenvalue weighted by atomic mass is 35.5. The maximum atomic E-state index is 13.0. The number of benzene rings is 1. The van der Waals surface area contributed by atoms with Gasteiger partial charge in [-0.3, -0.25) is 14.2 Å². The number of hydrogen-bond donors (Lipinski definition) is 1. The number of amides is 1. The van der Waals surface area contributed by atoms with Gasteiger partial charge in [-0.1, -0.05) is 35.5 Å². The van der Waals surface area contributed by atoms with Crippen LogP contribution in [0.15, 0.2) is 68.5 Å². The molecule has 1 amide bonds. The van der Waals surface area contributed by atoms with E-state index in [1.54, 1.807) is 48.7 Å². The van der Waals surface area contributed by atoms with Gasteiger partial charge in [0.15, 0.2) is 5.16 Å². The first-order valence-electron chi connectivity index (χ1n) is 8.30. The molecule has 6 nitrogen and oxygen atoms in total. The van der Waals surface area contributed by atoms with Crippen molar-refractivity contribution in [1.82, 2.24) is 14.9 Å². The summed E-state index contributed by atoms with van der Waals surface area (Å²) in [6.07, 6.45) is 1.55. The Balaban J connectivity index is 1.62. The molecule has 142 valence electrons. The minimum atomic E-state index is -0.202. The van der Waals surface area contributed by atoms with E-state index in [0.29, 0.717) is 38.4 Å². The van der Waals surface area contributed by atoms with Crippen molar-refractivity contribution >= 4 is 50.8 Å². The molecule has 0 bridgehead atoms. The third-order valence-corrected chi connectivity index (χ3v) is 6.06. The first-order chi connectivity index (χ1) is 13.6. The van der Waals surface area contributed by atoms with Crippen LogP contribution in [0.1, 0.15) is 5.76 Å². The highest BCUT2D eigenvalue weighted by Gasteiger charge is 2.17. The Morgan fingerprint density at radius 1 is 1.25 bits per heavy atom. The van der Waals surface area contributed by atoms with Gasteiger partial charge in [-0.05, 0) is 35.7 Å². The summed E-state index contributed by atoms with van der Waals surface area (Å²) in [7, 11) is 0. The van der Waals surface area contributed by atoms with Crippen LogP contribution in [-0.4, -0.2) is 21.2 Å². The predicted octanol–water partition coefficient (Wildman–Crippen LogP) is 4.10. The molecule has 0 atom stereocenters. The van der Waals surface area contributed by atoms with Crippen LogP contribution in [0, 0.1) is 0 Å². The van der Waals surface area contributed by atoms with Gasteiger partial charge < -0.3 is 9.73 Å². The van der Waals surface area contributed by atoms with Gasteiger partial charge in [-0.25, -0.2) is 4.98 Å². The molecule has 4 aromatic rings. The Bertz CT molecular complexity index is 1180. The fourth-order valence-electron chi connectivity index (χ4n) is 2.61. The number of rotatable bonds is 6. The van der Waals surface area contributed by atoms with Gasteiger partial charge in [0.1, 0.15) is 10.5 Å². The van der Waals surface area contributed by atoms with Gasteiger partial charge >= 0.3 is 0 Å². The standard InChI is InChI=1S/C19H14ClN3O3S2/c20-13-5-1-2-6-15(13)23-18(25)17-14(7-9-27-17)22-19(23)28-11-16(24)21-10-12-4-3-8-26-12/h1-9H,10-11H2,(H,21,24). The average Bonchev–Trinajstić information content (AvgIpc) is 3.37. The van der Waals surface area contributed by atoms with Crippen LogP contribution in [0.25, 0.3) is 15.9 Å². The number of fused-ring (bicyclic) bond motifs is 1. The van der Waals surface area contributed by atoms with Crippen LogP contribution < -0.4 is 10.9 Å². The van der Waals surface area contributed by atoms with E-state index in [1.807, 2.05) is 5.38 Å². The lowest BCUT2D eigenvalue weighted by Gasteiger charge is -2.13. The van der Waals surface area contributed by atoms with E-state index >= 15 is 0 Å². The third-order valence-electron chi connectivity index (χ3n) is 3.91. The van der Waals surface area contributed by atoms with E-state index in [0.717, 1.165) is 0 Å². The number of nitrogens with zero attached hydrogens (tertiary/aromatic N) is 2. The van der Waals surface area contributed by atoms with Crippen molar-refractivity contribution < 1.29 is 9.21 Å². The quantitative estimate of drug-likeness (QED) is 0.367. The zero-order valence-corrected chi connectivity index (χ0v) is 16.8. The molecular weight excluding hydrogens is 418 g/mol. The second-order valence-corrected chi connectivity index (χ2v) is 8.03. The highest BCUT2D eigenvalue weighted by molar-refractivity contribution is 7.99. The molecule has 0 fully saturated rings. The monoisotopic (exact) mass is 431 g/mol. The Morgan fingerprint density at radius 2 is 2.11 bits per heavy atom. The van der Waals surface area contributed by atoms with Gasteiger partial charge in [-0.2, -0.15) is 0 Å². The lowest BCUT2D eigenvalue weighted by atomic mass is 10.3.